The van der Waals surface area contributed by atoms with Crippen molar-refractivity contribution < 1.29 is 31.8 Å². The van der Waals surface area contributed by atoms with Crippen LogP contribution < -0.4 is 0 Å². The Morgan fingerprint density at radius 2 is 1.91 bits per heavy atom. The molecule has 0 amide bonds. The summed E-state index contributed by atoms with van der Waals surface area (Å²) in [4.78, 5) is -1.02. The lowest BCUT2D eigenvalue weighted by molar-refractivity contribution is -0.135. The molecule has 1 aromatic carbocycles. The fourth-order valence-corrected chi connectivity index (χ4v) is 3.48. The summed E-state index contributed by atoms with van der Waals surface area (Å²) in [5, 5.41) is 9.41. The molecule has 1 heterocycles. The van der Waals surface area contributed by atoms with E-state index in [1.807, 2.05) is 0 Å². The minimum atomic E-state index is -4.72. The quantitative estimate of drug-likeness (QED) is 0.222. The van der Waals surface area contributed by atoms with E-state index in [-0.39, 0.29) is 35.3 Å². The Bertz CT molecular complexity index is 997. The van der Waals surface area contributed by atoms with Gasteiger partial charge in [0, 0.05) is 22.8 Å². The predicted octanol–water partition coefficient (Wildman–Crippen LogP) is 7.63. The third-order valence-electron chi connectivity index (χ3n) is 4.33. The van der Waals surface area contributed by atoms with Crippen LogP contribution in [-0.2, 0) is 17.5 Å². The van der Waals surface area contributed by atoms with Crippen LogP contribution in [0.3, 0.4) is 0 Å². The molecule has 0 fully saturated rings. The van der Waals surface area contributed by atoms with E-state index in [1.165, 1.54) is 37.3 Å². The van der Waals surface area contributed by atoms with E-state index < -0.39 is 35.1 Å². The Morgan fingerprint density at radius 3 is 2.47 bits per heavy atom. The number of alkyl halides is 3. The summed E-state index contributed by atoms with van der Waals surface area (Å²) < 4.78 is 78.5. The van der Waals surface area contributed by atoms with E-state index in [0.29, 0.717) is 17.0 Å². The van der Waals surface area contributed by atoms with Crippen LogP contribution >= 0.6 is 23.1 Å². The van der Waals surface area contributed by atoms with Gasteiger partial charge >= 0.3 is 6.18 Å². The van der Waals surface area contributed by atoms with Crippen LogP contribution in [0.15, 0.2) is 59.9 Å². The average molecular weight is 494 g/mol. The van der Waals surface area contributed by atoms with Crippen LogP contribution in [0.1, 0.15) is 30.7 Å². The van der Waals surface area contributed by atoms with Gasteiger partial charge in [0.05, 0.1) is 5.69 Å². The molecule has 0 spiro atoms. The number of nitrogens with zero attached hydrogens (tertiary/aromatic N) is 1. The van der Waals surface area contributed by atoms with Gasteiger partial charge in [-0.1, -0.05) is 36.7 Å². The molecule has 32 heavy (non-hydrogen) atoms. The van der Waals surface area contributed by atoms with Crippen LogP contribution in [0.2, 0.25) is 5.02 Å². The number of hydrogen-bond donors (Lipinski definition) is 1. The van der Waals surface area contributed by atoms with Gasteiger partial charge in [0.1, 0.15) is 11.5 Å². The van der Waals surface area contributed by atoms with Gasteiger partial charge in [-0.3, -0.25) is 0 Å². The number of hydrogen-bond acceptors (Lipinski definition) is 4. The lowest BCUT2D eigenvalue weighted by Gasteiger charge is -2.13. The Kier molecular flexibility index (Phi) is 9.42. The summed E-state index contributed by atoms with van der Waals surface area (Å²) in [6.45, 7) is 2.17. The monoisotopic (exact) mass is 493 g/mol. The molecule has 1 unspecified atom stereocenters. The molecule has 0 aliphatic heterocycles. The molecule has 2 rings (SSSR count). The highest BCUT2D eigenvalue weighted by atomic mass is 35.5. The molecule has 174 valence electrons. The Balaban J connectivity index is 2.41. The van der Waals surface area contributed by atoms with Crippen molar-refractivity contribution in [2.75, 3.05) is 6.61 Å². The number of rotatable bonds is 9. The number of aliphatic hydroxyl groups excluding tert-OH is 1. The van der Waals surface area contributed by atoms with Crippen LogP contribution in [0, 0.1) is 5.92 Å². The Hall–Kier alpha value is -2.23. The molecule has 3 nitrogen and oxygen atoms in total. The molecule has 1 aromatic heterocycles. The predicted molar refractivity (Wildman–Crippen MR) is 115 cm³/mol. The molecule has 1 N–H and O–H groups in total. The maximum absolute atomic E-state index is 14.6. The molecule has 1 atom stereocenters. The Morgan fingerprint density at radius 1 is 1.25 bits per heavy atom. The van der Waals surface area contributed by atoms with E-state index >= 15 is 0 Å². The van der Waals surface area contributed by atoms with Gasteiger partial charge in [-0.2, -0.15) is 17.5 Å². The summed E-state index contributed by atoms with van der Waals surface area (Å²) in [5.41, 5.74) is 0.0130. The van der Waals surface area contributed by atoms with Gasteiger partial charge in [-0.05, 0) is 55.1 Å². The van der Waals surface area contributed by atoms with Crippen molar-refractivity contribution in [1.29, 1.82) is 0 Å². The van der Waals surface area contributed by atoms with Gasteiger partial charge < -0.3 is 9.84 Å². The summed E-state index contributed by atoms with van der Waals surface area (Å²) in [6.07, 6.45) is -1.11. The van der Waals surface area contributed by atoms with Crippen molar-refractivity contribution in [3.63, 3.8) is 0 Å². The molecule has 0 saturated heterocycles. The first kappa shape index (κ1) is 26.0. The van der Waals surface area contributed by atoms with E-state index in [9.17, 15) is 22.0 Å². The second kappa shape index (κ2) is 11.6. The van der Waals surface area contributed by atoms with Crippen molar-refractivity contribution in [2.45, 2.75) is 33.1 Å². The fourth-order valence-electron chi connectivity index (χ4n) is 2.58. The second-order valence-electron chi connectivity index (χ2n) is 6.87. The molecular formula is C22H21ClF5NO2S. The first-order valence-corrected chi connectivity index (χ1v) is 10.7. The lowest BCUT2D eigenvalue weighted by atomic mass is 10.1. The molecule has 0 saturated carbocycles. The summed E-state index contributed by atoms with van der Waals surface area (Å²) in [5.74, 6) is -3.10. The zero-order valence-corrected chi connectivity index (χ0v) is 18.8. The van der Waals surface area contributed by atoms with Crippen LogP contribution in [0.4, 0.5) is 22.0 Å². The maximum atomic E-state index is 14.6. The molecule has 0 bridgehead atoms. The normalized spacial score (nSPS) is 14.6. The van der Waals surface area contributed by atoms with E-state index in [4.69, 9.17) is 21.4 Å². The maximum Gasteiger partial charge on any atom is 0.427 e. The van der Waals surface area contributed by atoms with Crippen LogP contribution in [0.25, 0.3) is 11.3 Å². The van der Waals surface area contributed by atoms with Crippen molar-refractivity contribution >= 4 is 23.1 Å². The molecule has 10 heteroatoms. The highest BCUT2D eigenvalue weighted by Crippen LogP contribution is 2.40. The van der Waals surface area contributed by atoms with Crippen molar-refractivity contribution in [3.05, 3.63) is 75.4 Å². The zero-order chi connectivity index (χ0) is 23.9. The number of aliphatic hydroxyl groups is 1. The summed E-state index contributed by atoms with van der Waals surface area (Å²) in [6, 6.07) is 5.99. The topological polar surface area (TPSA) is 42.4 Å². The number of ether oxygens (including phenoxy) is 1. The summed E-state index contributed by atoms with van der Waals surface area (Å²) in [7, 11) is 0. The van der Waals surface area contributed by atoms with Gasteiger partial charge in [-0.25, -0.2) is 8.78 Å². The number of halogens is 6. The zero-order valence-electron chi connectivity index (χ0n) is 17.2. The number of benzene rings is 1. The van der Waals surface area contributed by atoms with Crippen LogP contribution in [0.5, 0.6) is 0 Å². The van der Waals surface area contributed by atoms with Gasteiger partial charge in [0.2, 0.25) is 0 Å². The number of aromatic nitrogens is 1. The lowest BCUT2D eigenvalue weighted by Crippen LogP contribution is -2.08. The van der Waals surface area contributed by atoms with Gasteiger partial charge in [0.25, 0.3) is 0 Å². The van der Waals surface area contributed by atoms with Crippen molar-refractivity contribution in [2.24, 2.45) is 5.92 Å². The highest BCUT2D eigenvalue weighted by Gasteiger charge is 2.38. The first-order valence-electron chi connectivity index (χ1n) is 9.52. The van der Waals surface area contributed by atoms with E-state index in [1.54, 1.807) is 6.92 Å². The van der Waals surface area contributed by atoms with Crippen molar-refractivity contribution in [1.82, 2.24) is 4.37 Å². The van der Waals surface area contributed by atoms with Gasteiger partial charge in [-0.15, -0.1) is 0 Å². The first-order chi connectivity index (χ1) is 15.1. The van der Waals surface area contributed by atoms with Gasteiger partial charge in [0.15, 0.2) is 17.4 Å². The van der Waals surface area contributed by atoms with E-state index in [0.717, 1.165) is 12.2 Å². The molecule has 0 radical (unpaired) electrons. The smallest absolute Gasteiger partial charge is 0.427 e. The highest BCUT2D eigenvalue weighted by molar-refractivity contribution is 7.06. The second-order valence-corrected chi connectivity index (χ2v) is 8.08. The molecule has 2 aromatic rings. The SMILES string of the molecule is C\C=C(F)/C(OCc1c(-c2ccc(Cl)cc2)nsc1C(F)(F)F)=C(F)\C=C\CC(C)CO. The average Bonchev–Trinajstić information content (AvgIpc) is 3.18. The molecule has 0 aliphatic carbocycles. The minimum Gasteiger partial charge on any atom is -0.483 e. The third-order valence-corrected chi connectivity index (χ3v) is 5.51. The van der Waals surface area contributed by atoms with Crippen LogP contribution in [-0.4, -0.2) is 16.1 Å². The third kappa shape index (κ3) is 6.88. The van der Waals surface area contributed by atoms with E-state index in [2.05, 4.69) is 4.37 Å². The fraction of sp³-hybridized carbons (Fsp3) is 0.318. The Labute approximate surface area is 191 Å². The minimum absolute atomic E-state index is 0.00745. The largest absolute Gasteiger partial charge is 0.483 e. The molecular weight excluding hydrogens is 473 g/mol. The van der Waals surface area contributed by atoms with Crippen molar-refractivity contribution in [3.8, 4) is 11.3 Å². The number of allylic oxidation sites excluding steroid dienone is 5. The molecule has 0 aliphatic rings. The standard InChI is InChI=1S/C22H21ClF5NO2S/c1-3-17(24)20(18(25)6-4-5-13(2)11-30)31-12-16-19(14-7-9-15(23)10-8-14)29-32-21(16)22(26,27)28/h3-4,6-10,13,30H,5,11-12H2,1-2H3/b6-4+,17-3+,20-18-. The summed E-state index contributed by atoms with van der Waals surface area (Å²) >= 11 is 6.07.